The van der Waals surface area contributed by atoms with Crippen LogP contribution < -0.4 is 11.3 Å². The van der Waals surface area contributed by atoms with E-state index in [1.807, 2.05) is 0 Å². The fraction of sp³-hybridized carbons (Fsp3) is 0.167. The lowest BCUT2D eigenvalue weighted by Crippen LogP contribution is -2.24. The molecule has 0 aliphatic rings. The SMILES string of the molecule is COCCn1cc(-c2cnc3[nH]cc(/C=C/C(N)=O)c3c2)cc(F)c1=O. The Balaban J connectivity index is 2.07. The van der Waals surface area contributed by atoms with Gasteiger partial charge in [-0.15, -0.1) is 0 Å². The molecule has 0 saturated heterocycles. The van der Waals surface area contributed by atoms with Crippen molar-refractivity contribution in [3.63, 3.8) is 0 Å². The van der Waals surface area contributed by atoms with E-state index in [0.29, 0.717) is 23.4 Å². The molecule has 3 heterocycles. The Kier molecular flexibility index (Phi) is 4.94. The molecule has 1 amide bonds. The number of methoxy groups -OCH3 is 1. The first-order valence-corrected chi connectivity index (χ1v) is 7.83. The van der Waals surface area contributed by atoms with Gasteiger partial charge in [-0.2, -0.15) is 0 Å². The van der Waals surface area contributed by atoms with E-state index in [0.717, 1.165) is 10.9 Å². The lowest BCUT2D eigenvalue weighted by molar-refractivity contribution is -0.113. The van der Waals surface area contributed by atoms with Crippen LogP contribution in [0.3, 0.4) is 0 Å². The van der Waals surface area contributed by atoms with Gasteiger partial charge in [-0.3, -0.25) is 9.59 Å². The number of carbonyl (C=O) groups excluding carboxylic acids is 1. The number of nitrogens with two attached hydrogens (primary N) is 1. The maximum Gasteiger partial charge on any atom is 0.286 e. The fourth-order valence-corrected chi connectivity index (χ4v) is 2.60. The van der Waals surface area contributed by atoms with E-state index >= 15 is 0 Å². The highest BCUT2D eigenvalue weighted by molar-refractivity contribution is 5.95. The molecule has 3 aromatic heterocycles. The number of fused-ring (bicyclic) bond motifs is 1. The molecule has 3 N–H and O–H groups in total. The quantitative estimate of drug-likeness (QED) is 0.656. The van der Waals surface area contributed by atoms with Gasteiger partial charge in [0.15, 0.2) is 5.82 Å². The minimum atomic E-state index is -0.846. The zero-order chi connectivity index (χ0) is 18.7. The zero-order valence-corrected chi connectivity index (χ0v) is 14.0. The highest BCUT2D eigenvalue weighted by Gasteiger charge is 2.10. The van der Waals surface area contributed by atoms with Crippen molar-refractivity contribution < 1.29 is 13.9 Å². The lowest BCUT2D eigenvalue weighted by Gasteiger charge is -2.09. The van der Waals surface area contributed by atoms with Crippen molar-refractivity contribution in [1.29, 1.82) is 0 Å². The molecular formula is C18H17FN4O3. The van der Waals surface area contributed by atoms with Crippen molar-refractivity contribution in [3.05, 3.63) is 58.5 Å². The molecule has 0 aliphatic carbocycles. The lowest BCUT2D eigenvalue weighted by atomic mass is 10.1. The van der Waals surface area contributed by atoms with Crippen LogP contribution in [-0.4, -0.2) is 34.2 Å². The Hall–Kier alpha value is -3.26. The van der Waals surface area contributed by atoms with E-state index in [9.17, 15) is 14.0 Å². The molecular weight excluding hydrogens is 339 g/mol. The van der Waals surface area contributed by atoms with Crippen molar-refractivity contribution in [2.45, 2.75) is 6.54 Å². The molecule has 0 spiro atoms. The molecule has 0 bridgehead atoms. The molecule has 0 aliphatic heterocycles. The first kappa shape index (κ1) is 17.6. The number of pyridine rings is 2. The standard InChI is InChI=1S/C18H17FN4O3/c1-26-5-4-23-10-13(7-15(19)18(23)25)12-6-14-11(2-3-16(20)24)8-21-17(14)22-9-12/h2-3,6-10H,4-5H2,1H3,(H2,20,24)(H,21,22)/b3-2+. The average molecular weight is 356 g/mol. The van der Waals surface area contributed by atoms with E-state index in [4.69, 9.17) is 10.5 Å². The van der Waals surface area contributed by atoms with Gasteiger partial charge in [-0.05, 0) is 18.2 Å². The number of halogens is 1. The summed E-state index contributed by atoms with van der Waals surface area (Å²) >= 11 is 0. The van der Waals surface area contributed by atoms with E-state index in [1.165, 1.54) is 23.8 Å². The van der Waals surface area contributed by atoms with Crippen LogP contribution in [0.25, 0.3) is 28.2 Å². The molecule has 3 aromatic rings. The summed E-state index contributed by atoms with van der Waals surface area (Å²) in [6.07, 6.45) is 7.67. The molecule has 0 fully saturated rings. The number of nitrogens with zero attached hydrogens (tertiary/aromatic N) is 2. The first-order valence-electron chi connectivity index (χ1n) is 7.83. The number of hydrogen-bond acceptors (Lipinski definition) is 4. The molecule has 134 valence electrons. The van der Waals surface area contributed by atoms with Crippen molar-refractivity contribution in [2.24, 2.45) is 5.73 Å². The largest absolute Gasteiger partial charge is 0.383 e. The summed E-state index contributed by atoms with van der Waals surface area (Å²) in [7, 11) is 1.51. The second-order valence-corrected chi connectivity index (χ2v) is 5.67. The summed E-state index contributed by atoms with van der Waals surface area (Å²) < 4.78 is 20.3. The van der Waals surface area contributed by atoms with Crippen molar-refractivity contribution in [3.8, 4) is 11.1 Å². The number of nitrogens with one attached hydrogen (secondary N) is 1. The van der Waals surface area contributed by atoms with Gasteiger partial charge in [0.05, 0.1) is 6.61 Å². The highest BCUT2D eigenvalue weighted by Crippen LogP contribution is 2.25. The minimum Gasteiger partial charge on any atom is -0.383 e. The fourth-order valence-electron chi connectivity index (χ4n) is 2.60. The average Bonchev–Trinajstić information content (AvgIpc) is 3.03. The minimum absolute atomic E-state index is 0.243. The number of primary amides is 1. The molecule has 0 unspecified atom stereocenters. The van der Waals surface area contributed by atoms with Gasteiger partial charge in [0, 0.05) is 60.4 Å². The van der Waals surface area contributed by atoms with Gasteiger partial charge < -0.3 is 20.0 Å². The van der Waals surface area contributed by atoms with Gasteiger partial charge in [-0.1, -0.05) is 0 Å². The van der Waals surface area contributed by atoms with Crippen LogP contribution in [0.5, 0.6) is 0 Å². The predicted molar refractivity (Wildman–Crippen MR) is 95.9 cm³/mol. The number of rotatable bonds is 6. The van der Waals surface area contributed by atoms with E-state index in [1.54, 1.807) is 30.7 Å². The van der Waals surface area contributed by atoms with Gasteiger partial charge in [0.1, 0.15) is 5.65 Å². The van der Waals surface area contributed by atoms with Crippen molar-refractivity contribution >= 4 is 23.0 Å². The molecule has 3 rings (SSSR count). The molecule has 8 heteroatoms. The van der Waals surface area contributed by atoms with Crippen molar-refractivity contribution in [1.82, 2.24) is 14.5 Å². The summed E-state index contributed by atoms with van der Waals surface area (Å²) in [6, 6.07) is 2.99. The molecule has 7 nitrogen and oxygen atoms in total. The Bertz CT molecular complexity index is 1050. The number of aromatic nitrogens is 3. The van der Waals surface area contributed by atoms with Crippen molar-refractivity contribution in [2.75, 3.05) is 13.7 Å². The third-order valence-corrected chi connectivity index (χ3v) is 3.90. The van der Waals surface area contributed by atoms with Crippen LogP contribution >= 0.6 is 0 Å². The Morgan fingerprint density at radius 2 is 2.23 bits per heavy atom. The summed E-state index contributed by atoms with van der Waals surface area (Å²) in [5, 5.41) is 0.745. The summed E-state index contributed by atoms with van der Waals surface area (Å²) in [6.45, 7) is 0.534. The Morgan fingerprint density at radius 3 is 2.96 bits per heavy atom. The highest BCUT2D eigenvalue weighted by atomic mass is 19.1. The van der Waals surface area contributed by atoms with E-state index < -0.39 is 17.3 Å². The zero-order valence-electron chi connectivity index (χ0n) is 14.0. The molecule has 0 aromatic carbocycles. The first-order chi connectivity index (χ1) is 12.5. The molecule has 0 atom stereocenters. The van der Waals surface area contributed by atoms with E-state index in [2.05, 4.69) is 9.97 Å². The number of ether oxygens (including phenoxy) is 1. The molecule has 26 heavy (non-hydrogen) atoms. The van der Waals surface area contributed by atoms with Gasteiger partial charge >= 0.3 is 0 Å². The third kappa shape index (κ3) is 3.55. The van der Waals surface area contributed by atoms with Crippen LogP contribution in [0, 0.1) is 5.82 Å². The Morgan fingerprint density at radius 1 is 1.42 bits per heavy atom. The monoisotopic (exact) mass is 356 g/mol. The van der Waals surface area contributed by atoms with E-state index in [-0.39, 0.29) is 6.54 Å². The van der Waals surface area contributed by atoms with Crippen LogP contribution in [0.15, 0.2) is 41.6 Å². The van der Waals surface area contributed by atoms with Crippen LogP contribution in [0.4, 0.5) is 4.39 Å². The number of H-pyrrole nitrogens is 1. The summed E-state index contributed by atoms with van der Waals surface area (Å²) in [5.74, 6) is -1.41. The number of aromatic amines is 1. The third-order valence-electron chi connectivity index (χ3n) is 3.90. The summed E-state index contributed by atoms with van der Waals surface area (Å²) in [4.78, 5) is 30.1. The number of amides is 1. The predicted octanol–water partition coefficient (Wildman–Crippen LogP) is 1.68. The normalized spacial score (nSPS) is 11.5. The van der Waals surface area contributed by atoms with Gasteiger partial charge in [0.25, 0.3) is 5.56 Å². The molecule has 0 radical (unpaired) electrons. The maximum atomic E-state index is 14.0. The topological polar surface area (TPSA) is 103 Å². The molecule has 0 saturated carbocycles. The second kappa shape index (κ2) is 7.32. The number of hydrogen-bond donors (Lipinski definition) is 2. The smallest absolute Gasteiger partial charge is 0.286 e. The Labute approximate surface area is 147 Å². The second-order valence-electron chi connectivity index (χ2n) is 5.67. The van der Waals surface area contributed by atoms with Crippen LogP contribution in [0.2, 0.25) is 0 Å². The van der Waals surface area contributed by atoms with Gasteiger partial charge in [-0.25, -0.2) is 9.37 Å². The van der Waals surface area contributed by atoms with Crippen LogP contribution in [0.1, 0.15) is 5.56 Å². The summed E-state index contributed by atoms with van der Waals surface area (Å²) in [5.41, 5.74) is 6.91. The van der Waals surface area contributed by atoms with Crippen LogP contribution in [-0.2, 0) is 16.1 Å². The number of carbonyl (C=O) groups is 1. The van der Waals surface area contributed by atoms with Gasteiger partial charge in [0.2, 0.25) is 5.91 Å². The maximum absolute atomic E-state index is 14.0.